The fourth-order valence-electron chi connectivity index (χ4n) is 1.58. The standard InChI is InChI=1S/C12H13BrN2S/c13-11-8-16-7-10(11)12(14)4-3-9-2-1-5-15-6-9/h1-2,5-8,12H,3-4,14H2. The lowest BCUT2D eigenvalue weighted by molar-refractivity contribution is 0.650. The molecule has 2 N–H and O–H groups in total. The first-order chi connectivity index (χ1) is 7.77. The zero-order valence-electron chi connectivity index (χ0n) is 8.77. The summed E-state index contributed by atoms with van der Waals surface area (Å²) in [7, 11) is 0. The van der Waals surface area contributed by atoms with Crippen molar-refractivity contribution in [2.45, 2.75) is 18.9 Å². The van der Waals surface area contributed by atoms with Gasteiger partial charge in [0.1, 0.15) is 0 Å². The molecule has 16 heavy (non-hydrogen) atoms. The molecular weight excluding hydrogens is 284 g/mol. The number of nitrogens with two attached hydrogens (primary N) is 1. The Morgan fingerprint density at radius 3 is 2.94 bits per heavy atom. The molecular formula is C12H13BrN2S. The van der Waals surface area contributed by atoms with E-state index in [-0.39, 0.29) is 6.04 Å². The summed E-state index contributed by atoms with van der Waals surface area (Å²) in [6.45, 7) is 0. The van der Waals surface area contributed by atoms with E-state index in [1.165, 1.54) is 11.1 Å². The molecule has 0 bridgehead atoms. The highest BCUT2D eigenvalue weighted by Crippen LogP contribution is 2.28. The maximum Gasteiger partial charge on any atom is 0.0330 e. The second-order valence-corrected chi connectivity index (χ2v) is 5.28. The molecule has 0 aliphatic carbocycles. The van der Waals surface area contributed by atoms with Gasteiger partial charge in [-0.3, -0.25) is 4.98 Å². The lowest BCUT2D eigenvalue weighted by atomic mass is 10.0. The van der Waals surface area contributed by atoms with E-state index in [9.17, 15) is 0 Å². The van der Waals surface area contributed by atoms with Crippen molar-refractivity contribution < 1.29 is 0 Å². The summed E-state index contributed by atoms with van der Waals surface area (Å²) < 4.78 is 1.12. The van der Waals surface area contributed by atoms with Gasteiger partial charge in [0.05, 0.1) is 0 Å². The first-order valence-corrected chi connectivity index (χ1v) is 6.87. The second-order valence-electron chi connectivity index (χ2n) is 3.68. The van der Waals surface area contributed by atoms with Crippen molar-refractivity contribution in [3.05, 3.63) is 50.9 Å². The van der Waals surface area contributed by atoms with Crippen molar-refractivity contribution in [1.29, 1.82) is 0 Å². The third-order valence-corrected chi connectivity index (χ3v) is 4.26. The Labute approximate surface area is 108 Å². The highest BCUT2D eigenvalue weighted by Gasteiger charge is 2.10. The molecule has 0 radical (unpaired) electrons. The third kappa shape index (κ3) is 2.90. The van der Waals surface area contributed by atoms with E-state index in [1.807, 2.05) is 12.3 Å². The average molecular weight is 297 g/mol. The zero-order valence-corrected chi connectivity index (χ0v) is 11.2. The summed E-state index contributed by atoms with van der Waals surface area (Å²) in [5.41, 5.74) is 8.59. The van der Waals surface area contributed by atoms with Crippen LogP contribution < -0.4 is 5.73 Å². The zero-order chi connectivity index (χ0) is 11.4. The molecule has 0 saturated heterocycles. The van der Waals surface area contributed by atoms with Crippen molar-refractivity contribution >= 4 is 27.3 Å². The largest absolute Gasteiger partial charge is 0.324 e. The van der Waals surface area contributed by atoms with Crippen molar-refractivity contribution in [2.75, 3.05) is 0 Å². The van der Waals surface area contributed by atoms with Gasteiger partial charge in [0.25, 0.3) is 0 Å². The lowest BCUT2D eigenvalue weighted by Gasteiger charge is -2.10. The molecule has 0 amide bonds. The number of pyridine rings is 1. The number of rotatable bonds is 4. The third-order valence-electron chi connectivity index (χ3n) is 2.51. The van der Waals surface area contributed by atoms with Gasteiger partial charge in [-0.1, -0.05) is 6.07 Å². The number of aryl methyl sites for hydroxylation is 1. The molecule has 0 aromatic carbocycles. The minimum absolute atomic E-state index is 0.0980. The predicted molar refractivity (Wildman–Crippen MR) is 71.5 cm³/mol. The van der Waals surface area contributed by atoms with E-state index < -0.39 is 0 Å². The molecule has 0 fully saturated rings. The Morgan fingerprint density at radius 2 is 2.31 bits per heavy atom. The summed E-state index contributed by atoms with van der Waals surface area (Å²) in [4.78, 5) is 4.09. The number of halogens is 1. The number of thiophene rings is 1. The van der Waals surface area contributed by atoms with Gasteiger partial charge in [0, 0.05) is 28.3 Å². The Morgan fingerprint density at radius 1 is 1.44 bits per heavy atom. The van der Waals surface area contributed by atoms with Crippen molar-refractivity contribution in [3.63, 3.8) is 0 Å². The molecule has 84 valence electrons. The van der Waals surface area contributed by atoms with Crippen LogP contribution in [0.15, 0.2) is 39.8 Å². The summed E-state index contributed by atoms with van der Waals surface area (Å²) in [5.74, 6) is 0. The predicted octanol–water partition coefficient (Wildman–Crippen LogP) is 3.54. The summed E-state index contributed by atoms with van der Waals surface area (Å²) >= 11 is 5.19. The van der Waals surface area contributed by atoms with Crippen LogP contribution in [0.4, 0.5) is 0 Å². The molecule has 0 aliphatic heterocycles. The van der Waals surface area contributed by atoms with Crippen LogP contribution in [0, 0.1) is 0 Å². The highest BCUT2D eigenvalue weighted by atomic mass is 79.9. The van der Waals surface area contributed by atoms with Crippen LogP contribution in [-0.2, 0) is 6.42 Å². The Kier molecular flexibility index (Phi) is 4.09. The van der Waals surface area contributed by atoms with Gasteiger partial charge in [-0.15, -0.1) is 0 Å². The lowest BCUT2D eigenvalue weighted by Crippen LogP contribution is -2.10. The molecule has 2 aromatic heterocycles. The van der Waals surface area contributed by atoms with Crippen LogP contribution in [-0.4, -0.2) is 4.98 Å². The Hall–Kier alpha value is -0.710. The minimum atomic E-state index is 0.0980. The van der Waals surface area contributed by atoms with E-state index in [1.54, 1.807) is 17.5 Å². The van der Waals surface area contributed by atoms with Gasteiger partial charge in [-0.2, -0.15) is 11.3 Å². The Bertz CT molecular complexity index is 441. The van der Waals surface area contributed by atoms with Crippen LogP contribution in [0.5, 0.6) is 0 Å². The number of hydrogen-bond acceptors (Lipinski definition) is 3. The molecule has 0 aliphatic rings. The molecule has 2 rings (SSSR count). The van der Waals surface area contributed by atoms with Crippen LogP contribution in [0.2, 0.25) is 0 Å². The molecule has 0 saturated carbocycles. The van der Waals surface area contributed by atoms with Crippen LogP contribution in [0.1, 0.15) is 23.6 Å². The van der Waals surface area contributed by atoms with Crippen molar-refractivity contribution in [2.24, 2.45) is 5.73 Å². The van der Waals surface area contributed by atoms with Crippen LogP contribution in [0.25, 0.3) is 0 Å². The van der Waals surface area contributed by atoms with Gasteiger partial charge >= 0.3 is 0 Å². The van der Waals surface area contributed by atoms with Gasteiger partial charge in [0.2, 0.25) is 0 Å². The fraction of sp³-hybridized carbons (Fsp3) is 0.250. The van der Waals surface area contributed by atoms with E-state index >= 15 is 0 Å². The SMILES string of the molecule is NC(CCc1cccnc1)c1cscc1Br. The first-order valence-electron chi connectivity index (χ1n) is 5.13. The normalized spacial score (nSPS) is 12.6. The molecule has 1 atom stereocenters. The van der Waals surface area contributed by atoms with E-state index in [2.05, 4.69) is 37.7 Å². The molecule has 4 heteroatoms. The van der Waals surface area contributed by atoms with Gasteiger partial charge < -0.3 is 5.73 Å². The number of aromatic nitrogens is 1. The second kappa shape index (κ2) is 5.57. The van der Waals surface area contributed by atoms with E-state index in [0.29, 0.717) is 0 Å². The van der Waals surface area contributed by atoms with Crippen LogP contribution in [0.3, 0.4) is 0 Å². The van der Waals surface area contributed by atoms with Gasteiger partial charge in [0.15, 0.2) is 0 Å². The maximum atomic E-state index is 6.14. The molecule has 0 spiro atoms. The summed E-state index contributed by atoms with van der Waals surface area (Å²) in [6.07, 6.45) is 5.60. The monoisotopic (exact) mass is 296 g/mol. The van der Waals surface area contributed by atoms with Crippen molar-refractivity contribution in [3.8, 4) is 0 Å². The summed E-state index contributed by atoms with van der Waals surface area (Å²) in [5, 5.41) is 4.18. The van der Waals surface area contributed by atoms with Crippen molar-refractivity contribution in [1.82, 2.24) is 4.98 Å². The average Bonchev–Trinajstić information content (AvgIpc) is 2.74. The van der Waals surface area contributed by atoms with Gasteiger partial charge in [-0.25, -0.2) is 0 Å². The molecule has 2 aromatic rings. The molecule has 2 heterocycles. The maximum absolute atomic E-state index is 6.14. The summed E-state index contributed by atoms with van der Waals surface area (Å²) in [6, 6.07) is 4.14. The number of nitrogens with zero attached hydrogens (tertiary/aromatic N) is 1. The highest BCUT2D eigenvalue weighted by molar-refractivity contribution is 9.10. The minimum Gasteiger partial charge on any atom is -0.324 e. The molecule has 1 unspecified atom stereocenters. The fourth-order valence-corrected chi connectivity index (χ4v) is 3.24. The van der Waals surface area contributed by atoms with E-state index in [4.69, 9.17) is 5.73 Å². The van der Waals surface area contributed by atoms with E-state index in [0.717, 1.165) is 17.3 Å². The molecule has 2 nitrogen and oxygen atoms in total. The van der Waals surface area contributed by atoms with Crippen LogP contribution >= 0.6 is 27.3 Å². The quantitative estimate of drug-likeness (QED) is 0.937. The van der Waals surface area contributed by atoms with Gasteiger partial charge in [-0.05, 0) is 51.3 Å². The number of hydrogen-bond donors (Lipinski definition) is 1. The first kappa shape index (κ1) is 11.8. The smallest absolute Gasteiger partial charge is 0.0330 e. The topological polar surface area (TPSA) is 38.9 Å². The Balaban J connectivity index is 1.94.